The minimum absolute atomic E-state index is 0.181. The monoisotopic (exact) mass is 350 g/mol. The van der Waals surface area contributed by atoms with Gasteiger partial charge in [-0.1, -0.05) is 6.92 Å². The van der Waals surface area contributed by atoms with Crippen LogP contribution >= 0.6 is 0 Å². The molecular formula is C19H34N4O2. The summed E-state index contributed by atoms with van der Waals surface area (Å²) in [6, 6.07) is 3.02. The molecule has 0 unspecified atom stereocenters. The number of likely N-dealkylation sites (N-methyl/N-ethyl adjacent to an activating group) is 1. The Bertz CT molecular complexity index is 513. The molecule has 0 aromatic carbocycles. The smallest absolute Gasteiger partial charge is 0.0911 e. The maximum absolute atomic E-state index is 6.19. The summed E-state index contributed by atoms with van der Waals surface area (Å²) in [7, 11) is 3.84. The van der Waals surface area contributed by atoms with Gasteiger partial charge in [-0.25, -0.2) is 0 Å². The Labute approximate surface area is 151 Å². The van der Waals surface area contributed by atoms with Crippen molar-refractivity contribution in [1.29, 1.82) is 0 Å². The highest BCUT2D eigenvalue weighted by Crippen LogP contribution is 2.30. The number of aryl methyl sites for hydroxylation is 1. The molecule has 1 aliphatic heterocycles. The molecule has 6 heteroatoms. The molecule has 2 fully saturated rings. The molecule has 0 amide bonds. The first-order chi connectivity index (χ1) is 12.2. The van der Waals surface area contributed by atoms with Crippen molar-refractivity contribution in [3.05, 3.63) is 18.0 Å². The van der Waals surface area contributed by atoms with Crippen LogP contribution in [0.4, 0.5) is 0 Å². The number of hydrogen-bond acceptors (Lipinski definition) is 5. The van der Waals surface area contributed by atoms with Gasteiger partial charge >= 0.3 is 0 Å². The Morgan fingerprint density at radius 2 is 2.12 bits per heavy atom. The van der Waals surface area contributed by atoms with E-state index in [1.54, 1.807) is 0 Å². The zero-order chi connectivity index (χ0) is 17.6. The maximum atomic E-state index is 6.19. The van der Waals surface area contributed by atoms with Crippen LogP contribution in [-0.4, -0.2) is 66.8 Å². The lowest BCUT2D eigenvalue weighted by Crippen LogP contribution is -2.51. The van der Waals surface area contributed by atoms with Crippen LogP contribution in [0.15, 0.2) is 12.3 Å². The fourth-order valence-electron chi connectivity index (χ4n) is 4.42. The quantitative estimate of drug-likeness (QED) is 0.815. The van der Waals surface area contributed by atoms with E-state index in [4.69, 9.17) is 9.47 Å². The van der Waals surface area contributed by atoms with E-state index in [2.05, 4.69) is 28.3 Å². The predicted octanol–water partition coefficient (Wildman–Crippen LogP) is 1.98. The normalized spacial score (nSPS) is 31.3. The van der Waals surface area contributed by atoms with Gasteiger partial charge in [0, 0.05) is 46.1 Å². The lowest BCUT2D eigenvalue weighted by molar-refractivity contribution is -0.0731. The molecule has 1 saturated carbocycles. The third-order valence-corrected chi connectivity index (χ3v) is 5.88. The number of morpholine rings is 1. The lowest BCUT2D eigenvalue weighted by Gasteiger charge is -2.41. The fourth-order valence-corrected chi connectivity index (χ4v) is 4.42. The first kappa shape index (κ1) is 18.8. The van der Waals surface area contributed by atoms with Gasteiger partial charge in [-0.2, -0.15) is 5.10 Å². The minimum Gasteiger partial charge on any atom is -0.384 e. The summed E-state index contributed by atoms with van der Waals surface area (Å²) in [5, 5.41) is 8.16. The third-order valence-electron chi connectivity index (χ3n) is 5.88. The largest absolute Gasteiger partial charge is 0.384 e. The Hall–Kier alpha value is -0.950. The standard InChI is InChI=1S/C19H34N4O2/c1-4-23-11-12-25-18(19(23)17-9-10-21-22(17)2)13-20-16-7-5-15(6-8-16)14-24-3/h9-10,15-16,18-20H,4-8,11-14H2,1-3H3/t15?,16?,18-,19-/m0/s1. The van der Waals surface area contributed by atoms with E-state index in [1.807, 2.05) is 25.0 Å². The fraction of sp³-hybridized carbons (Fsp3) is 0.842. The third kappa shape index (κ3) is 4.61. The second-order valence-electron chi connectivity index (χ2n) is 7.44. The average molecular weight is 351 g/mol. The molecule has 2 heterocycles. The Morgan fingerprint density at radius 3 is 2.76 bits per heavy atom. The number of aromatic nitrogens is 2. The molecule has 1 aromatic rings. The molecule has 1 aromatic heterocycles. The van der Waals surface area contributed by atoms with Crippen molar-refractivity contribution >= 4 is 0 Å². The van der Waals surface area contributed by atoms with Gasteiger partial charge in [0.15, 0.2) is 0 Å². The van der Waals surface area contributed by atoms with Crippen molar-refractivity contribution in [2.75, 3.05) is 40.0 Å². The van der Waals surface area contributed by atoms with E-state index in [-0.39, 0.29) is 12.1 Å². The number of nitrogens with zero attached hydrogens (tertiary/aromatic N) is 3. The summed E-state index contributed by atoms with van der Waals surface area (Å²) in [5.74, 6) is 0.742. The van der Waals surface area contributed by atoms with Crippen molar-refractivity contribution in [3.63, 3.8) is 0 Å². The van der Waals surface area contributed by atoms with Crippen LogP contribution in [-0.2, 0) is 16.5 Å². The summed E-state index contributed by atoms with van der Waals surface area (Å²) < 4.78 is 13.5. The first-order valence-corrected chi connectivity index (χ1v) is 9.78. The molecule has 1 saturated heterocycles. The zero-order valence-corrected chi connectivity index (χ0v) is 16.0. The van der Waals surface area contributed by atoms with Gasteiger partial charge in [-0.05, 0) is 44.2 Å². The number of nitrogens with one attached hydrogen (secondary N) is 1. The van der Waals surface area contributed by atoms with Crippen LogP contribution < -0.4 is 5.32 Å². The molecule has 3 rings (SSSR count). The molecule has 25 heavy (non-hydrogen) atoms. The molecule has 6 nitrogen and oxygen atoms in total. The number of methoxy groups -OCH3 is 1. The summed E-state index contributed by atoms with van der Waals surface area (Å²) >= 11 is 0. The summed E-state index contributed by atoms with van der Waals surface area (Å²) in [4.78, 5) is 2.52. The van der Waals surface area contributed by atoms with Crippen molar-refractivity contribution in [2.24, 2.45) is 13.0 Å². The molecule has 142 valence electrons. The first-order valence-electron chi connectivity index (χ1n) is 9.78. The van der Waals surface area contributed by atoms with Gasteiger partial charge in [0.2, 0.25) is 0 Å². The van der Waals surface area contributed by atoms with Gasteiger partial charge in [0.05, 0.1) is 24.4 Å². The molecule has 0 bridgehead atoms. The Morgan fingerprint density at radius 1 is 1.32 bits per heavy atom. The van der Waals surface area contributed by atoms with Gasteiger partial charge in [0.1, 0.15) is 0 Å². The van der Waals surface area contributed by atoms with Crippen molar-refractivity contribution in [1.82, 2.24) is 20.0 Å². The predicted molar refractivity (Wildman–Crippen MR) is 98.6 cm³/mol. The average Bonchev–Trinajstić information content (AvgIpc) is 3.06. The summed E-state index contributed by atoms with van der Waals surface area (Å²) in [6.45, 7) is 6.90. The highest BCUT2D eigenvalue weighted by Gasteiger charge is 2.35. The van der Waals surface area contributed by atoms with E-state index in [1.165, 1.54) is 31.4 Å². The van der Waals surface area contributed by atoms with Gasteiger partial charge < -0.3 is 14.8 Å². The topological polar surface area (TPSA) is 51.6 Å². The highest BCUT2D eigenvalue weighted by atomic mass is 16.5. The van der Waals surface area contributed by atoms with Crippen molar-refractivity contribution < 1.29 is 9.47 Å². The lowest BCUT2D eigenvalue weighted by atomic mass is 9.86. The zero-order valence-electron chi connectivity index (χ0n) is 16.0. The Kier molecular flexibility index (Phi) is 6.87. The minimum atomic E-state index is 0.181. The highest BCUT2D eigenvalue weighted by molar-refractivity contribution is 5.11. The molecular weight excluding hydrogens is 316 g/mol. The van der Waals surface area contributed by atoms with E-state index < -0.39 is 0 Å². The molecule has 0 radical (unpaired) electrons. The number of rotatable bonds is 7. The van der Waals surface area contributed by atoms with E-state index >= 15 is 0 Å². The van der Waals surface area contributed by atoms with Crippen LogP contribution in [0, 0.1) is 5.92 Å². The van der Waals surface area contributed by atoms with Gasteiger partial charge in [0.25, 0.3) is 0 Å². The number of hydrogen-bond donors (Lipinski definition) is 1. The second-order valence-corrected chi connectivity index (χ2v) is 7.44. The molecule has 2 atom stereocenters. The maximum Gasteiger partial charge on any atom is 0.0911 e. The summed E-state index contributed by atoms with van der Waals surface area (Å²) in [5.41, 5.74) is 1.25. The molecule has 0 spiro atoms. The SMILES string of the molecule is CCN1CCO[C@@H](CNC2CCC(COC)CC2)[C@@H]1c1ccnn1C. The van der Waals surface area contributed by atoms with Crippen LogP contribution in [0.3, 0.4) is 0 Å². The van der Waals surface area contributed by atoms with E-state index in [0.29, 0.717) is 6.04 Å². The van der Waals surface area contributed by atoms with Crippen molar-refractivity contribution in [2.45, 2.75) is 50.8 Å². The summed E-state index contributed by atoms with van der Waals surface area (Å²) in [6.07, 6.45) is 7.09. The molecule has 1 N–H and O–H groups in total. The van der Waals surface area contributed by atoms with E-state index in [0.717, 1.165) is 38.8 Å². The van der Waals surface area contributed by atoms with Crippen LogP contribution in [0.5, 0.6) is 0 Å². The molecule has 2 aliphatic rings. The Balaban J connectivity index is 1.57. The van der Waals surface area contributed by atoms with Crippen molar-refractivity contribution in [3.8, 4) is 0 Å². The van der Waals surface area contributed by atoms with Gasteiger partial charge in [-0.15, -0.1) is 0 Å². The van der Waals surface area contributed by atoms with Crippen LogP contribution in [0.1, 0.15) is 44.3 Å². The second kappa shape index (κ2) is 9.12. The van der Waals surface area contributed by atoms with Crippen LogP contribution in [0.2, 0.25) is 0 Å². The van der Waals surface area contributed by atoms with Gasteiger partial charge in [-0.3, -0.25) is 9.58 Å². The molecule has 1 aliphatic carbocycles. The van der Waals surface area contributed by atoms with Crippen LogP contribution in [0.25, 0.3) is 0 Å². The van der Waals surface area contributed by atoms with E-state index in [9.17, 15) is 0 Å². The number of ether oxygens (including phenoxy) is 2.